The van der Waals surface area contributed by atoms with Gasteiger partial charge in [-0.15, -0.1) is 0 Å². The third-order valence-electron chi connectivity index (χ3n) is 10.8. The van der Waals surface area contributed by atoms with Gasteiger partial charge in [-0.2, -0.15) is 0 Å². The van der Waals surface area contributed by atoms with Crippen molar-refractivity contribution in [1.82, 2.24) is 0 Å². The van der Waals surface area contributed by atoms with Crippen molar-refractivity contribution in [1.29, 1.82) is 0 Å². The van der Waals surface area contributed by atoms with Crippen molar-refractivity contribution in [2.45, 2.75) is 19.3 Å². The molecule has 266 valence electrons. The van der Waals surface area contributed by atoms with Gasteiger partial charge in [0.05, 0.1) is 5.41 Å². The van der Waals surface area contributed by atoms with Crippen LogP contribution in [0.25, 0.3) is 11.1 Å². The first kappa shape index (κ1) is 33.8. The lowest BCUT2D eigenvalue weighted by Crippen LogP contribution is -2.29. The van der Waals surface area contributed by atoms with E-state index in [9.17, 15) is 10.2 Å². The molecule has 0 bridgehead atoms. The molecule has 1 aliphatic rings. The molecule has 9 rings (SSSR count). The second kappa shape index (κ2) is 13.7. The van der Waals surface area contributed by atoms with E-state index in [2.05, 4.69) is 157 Å². The van der Waals surface area contributed by atoms with E-state index < -0.39 is 5.41 Å². The standard InChI is InChI=1S/C51H40N2O2/c1-35-11-9-17-41(31-35)52(39-13-5-3-6-14-39)43-23-29-47-48-30-24-44(53(40-15-7-4-8-16-40)42-18-10-12-36(2)32-42)34-50(48)51(49(47)33-43,37-19-25-45(54)26-20-37)38-21-27-46(55)28-22-38/h3-34,54-55H,1-2H3. The van der Waals surface area contributed by atoms with Gasteiger partial charge < -0.3 is 20.0 Å². The molecule has 0 fully saturated rings. The second-order valence-electron chi connectivity index (χ2n) is 14.3. The molecule has 1 aliphatic carbocycles. The molecule has 0 aromatic heterocycles. The number of nitrogens with zero attached hydrogens (tertiary/aromatic N) is 2. The molecule has 0 aliphatic heterocycles. The van der Waals surface area contributed by atoms with E-state index in [-0.39, 0.29) is 11.5 Å². The molecule has 0 amide bonds. The highest BCUT2D eigenvalue weighted by molar-refractivity contribution is 5.92. The lowest BCUT2D eigenvalue weighted by Gasteiger charge is -2.35. The molecule has 8 aromatic rings. The van der Waals surface area contributed by atoms with Gasteiger partial charge in [-0.1, -0.05) is 97.1 Å². The van der Waals surface area contributed by atoms with Crippen molar-refractivity contribution in [2.75, 3.05) is 9.80 Å². The van der Waals surface area contributed by atoms with Gasteiger partial charge in [0.25, 0.3) is 0 Å². The molecule has 8 aromatic carbocycles. The quantitative estimate of drug-likeness (QED) is 0.165. The summed E-state index contributed by atoms with van der Waals surface area (Å²) in [5.74, 6) is 0.407. The fraction of sp³-hybridized carbons (Fsp3) is 0.0588. The molecule has 0 radical (unpaired) electrons. The number of phenols is 2. The molecule has 0 atom stereocenters. The van der Waals surface area contributed by atoms with Crippen molar-refractivity contribution < 1.29 is 10.2 Å². The molecule has 0 saturated carbocycles. The Morgan fingerprint density at radius 1 is 0.345 bits per heavy atom. The number of phenolic OH excluding ortho intramolecular Hbond substituents is 2. The number of hydrogen-bond donors (Lipinski definition) is 2. The van der Waals surface area contributed by atoms with Gasteiger partial charge >= 0.3 is 0 Å². The van der Waals surface area contributed by atoms with E-state index in [0.29, 0.717) is 0 Å². The van der Waals surface area contributed by atoms with E-state index in [0.717, 1.165) is 67.5 Å². The number of benzene rings is 8. The smallest absolute Gasteiger partial charge is 0.115 e. The van der Waals surface area contributed by atoms with Crippen LogP contribution in [0, 0.1) is 13.8 Å². The third kappa shape index (κ3) is 5.89. The van der Waals surface area contributed by atoms with Crippen molar-refractivity contribution in [3.8, 4) is 22.6 Å². The predicted octanol–water partition coefficient (Wildman–Crippen LogP) is 13.0. The SMILES string of the molecule is Cc1cccc(N(c2ccccc2)c2ccc3c(c2)C(c2ccc(O)cc2)(c2ccc(O)cc2)c2cc(N(c4ccccc4)c4cccc(C)c4)ccc2-3)c1. The zero-order valence-corrected chi connectivity index (χ0v) is 30.8. The van der Waals surface area contributed by atoms with Gasteiger partial charge in [0.2, 0.25) is 0 Å². The third-order valence-corrected chi connectivity index (χ3v) is 10.8. The van der Waals surface area contributed by atoms with Gasteiger partial charge in [0.1, 0.15) is 11.5 Å². The molecule has 0 spiro atoms. The van der Waals surface area contributed by atoms with E-state index in [1.807, 2.05) is 36.4 Å². The van der Waals surface area contributed by atoms with Gasteiger partial charge in [-0.25, -0.2) is 0 Å². The fourth-order valence-electron chi connectivity index (χ4n) is 8.37. The van der Waals surface area contributed by atoms with E-state index in [1.165, 1.54) is 11.1 Å². The molecule has 2 N–H and O–H groups in total. The first-order valence-corrected chi connectivity index (χ1v) is 18.6. The highest BCUT2D eigenvalue weighted by atomic mass is 16.3. The largest absolute Gasteiger partial charge is 0.508 e. The highest BCUT2D eigenvalue weighted by Crippen LogP contribution is 2.58. The van der Waals surface area contributed by atoms with Crippen LogP contribution in [-0.4, -0.2) is 10.2 Å². The van der Waals surface area contributed by atoms with Crippen LogP contribution in [0.1, 0.15) is 33.4 Å². The first-order valence-electron chi connectivity index (χ1n) is 18.6. The number of aromatic hydroxyl groups is 2. The number of rotatable bonds is 8. The number of aryl methyl sites for hydroxylation is 2. The Hall–Kier alpha value is -7.04. The minimum atomic E-state index is -0.817. The lowest BCUT2D eigenvalue weighted by molar-refractivity contribution is 0.474. The average molecular weight is 713 g/mol. The number of anilines is 6. The monoisotopic (exact) mass is 712 g/mol. The number of para-hydroxylation sites is 2. The van der Waals surface area contributed by atoms with Crippen LogP contribution >= 0.6 is 0 Å². The van der Waals surface area contributed by atoms with Crippen LogP contribution in [0.2, 0.25) is 0 Å². The molecule has 4 nitrogen and oxygen atoms in total. The molecule has 55 heavy (non-hydrogen) atoms. The first-order chi connectivity index (χ1) is 26.9. The maximum Gasteiger partial charge on any atom is 0.115 e. The van der Waals surface area contributed by atoms with Crippen molar-refractivity contribution in [3.05, 3.63) is 228 Å². The summed E-state index contributed by atoms with van der Waals surface area (Å²) in [5.41, 5.74) is 14.4. The number of fused-ring (bicyclic) bond motifs is 3. The Morgan fingerprint density at radius 3 is 1.09 bits per heavy atom. The van der Waals surface area contributed by atoms with Crippen LogP contribution < -0.4 is 9.80 Å². The van der Waals surface area contributed by atoms with Gasteiger partial charge in [0.15, 0.2) is 0 Å². The maximum absolute atomic E-state index is 10.6. The Bertz CT molecular complexity index is 2450. The summed E-state index contributed by atoms with van der Waals surface area (Å²) in [7, 11) is 0. The predicted molar refractivity (Wildman–Crippen MR) is 226 cm³/mol. The van der Waals surface area contributed by atoms with Crippen LogP contribution in [0.3, 0.4) is 0 Å². The molecule has 0 saturated heterocycles. The van der Waals surface area contributed by atoms with Gasteiger partial charge in [-0.05, 0) is 155 Å². The molecule has 0 unspecified atom stereocenters. The summed E-state index contributed by atoms with van der Waals surface area (Å²) in [5, 5.41) is 21.2. The minimum absolute atomic E-state index is 0.204. The molecular weight excluding hydrogens is 673 g/mol. The minimum Gasteiger partial charge on any atom is -0.508 e. The zero-order valence-electron chi connectivity index (χ0n) is 30.8. The van der Waals surface area contributed by atoms with Crippen LogP contribution in [0.15, 0.2) is 194 Å². The van der Waals surface area contributed by atoms with Crippen molar-refractivity contribution in [3.63, 3.8) is 0 Å². The van der Waals surface area contributed by atoms with E-state index >= 15 is 0 Å². The summed E-state index contributed by atoms with van der Waals surface area (Å²) < 4.78 is 0. The normalized spacial score (nSPS) is 12.5. The van der Waals surface area contributed by atoms with E-state index in [1.54, 1.807) is 24.3 Å². The Balaban J connectivity index is 1.35. The van der Waals surface area contributed by atoms with E-state index in [4.69, 9.17) is 0 Å². The summed E-state index contributed by atoms with van der Waals surface area (Å²) in [4.78, 5) is 4.63. The summed E-state index contributed by atoms with van der Waals surface area (Å²) in [6.45, 7) is 4.25. The average Bonchev–Trinajstić information content (AvgIpc) is 3.49. The summed E-state index contributed by atoms with van der Waals surface area (Å²) in [6.07, 6.45) is 0. The number of hydrogen-bond acceptors (Lipinski definition) is 4. The van der Waals surface area contributed by atoms with Crippen LogP contribution in [0.4, 0.5) is 34.1 Å². The zero-order chi connectivity index (χ0) is 37.5. The Morgan fingerprint density at radius 2 is 0.709 bits per heavy atom. The summed E-state index contributed by atoms with van der Waals surface area (Å²) >= 11 is 0. The Labute approximate surface area is 322 Å². The molecular formula is C51H40N2O2. The lowest BCUT2D eigenvalue weighted by atomic mass is 9.67. The van der Waals surface area contributed by atoms with Crippen LogP contribution in [0.5, 0.6) is 11.5 Å². The van der Waals surface area contributed by atoms with Gasteiger partial charge in [0, 0.05) is 34.1 Å². The molecule has 0 heterocycles. The van der Waals surface area contributed by atoms with Crippen molar-refractivity contribution >= 4 is 34.1 Å². The topological polar surface area (TPSA) is 46.9 Å². The highest BCUT2D eigenvalue weighted by Gasteiger charge is 2.47. The fourth-order valence-corrected chi connectivity index (χ4v) is 8.37. The van der Waals surface area contributed by atoms with Crippen LogP contribution in [-0.2, 0) is 5.41 Å². The van der Waals surface area contributed by atoms with Gasteiger partial charge in [-0.3, -0.25) is 0 Å². The van der Waals surface area contributed by atoms with Crippen molar-refractivity contribution in [2.24, 2.45) is 0 Å². The molecule has 4 heteroatoms. The maximum atomic E-state index is 10.6. The second-order valence-corrected chi connectivity index (χ2v) is 14.3. The summed E-state index contributed by atoms with van der Waals surface area (Å²) in [6, 6.07) is 67.0. The Kier molecular flexibility index (Phi) is 8.44.